The summed E-state index contributed by atoms with van der Waals surface area (Å²) in [6.45, 7) is 5.32. The standard InChI is InChI=1S/C22H23N5O2/c1-16-7-6-8-18(13-16)14-25-11-12-26(17(2)21(25)28)22(29)20-15-27(24-23-20)19-9-4-3-5-10-19/h3-10,13,15,17H,11-12,14H2,1-2H3/t17-/m0/s1. The smallest absolute Gasteiger partial charge is 0.276 e. The van der Waals surface area contributed by atoms with Gasteiger partial charge in [-0.15, -0.1) is 5.10 Å². The highest BCUT2D eigenvalue weighted by molar-refractivity contribution is 5.96. The fourth-order valence-electron chi connectivity index (χ4n) is 3.61. The molecule has 2 aromatic carbocycles. The zero-order valence-electron chi connectivity index (χ0n) is 16.5. The van der Waals surface area contributed by atoms with Gasteiger partial charge in [-0.3, -0.25) is 9.59 Å². The lowest BCUT2D eigenvalue weighted by molar-refractivity contribution is -0.140. The van der Waals surface area contributed by atoms with E-state index in [0.29, 0.717) is 19.6 Å². The Labute approximate surface area is 169 Å². The highest BCUT2D eigenvalue weighted by Crippen LogP contribution is 2.18. The predicted octanol–water partition coefficient (Wildman–Crippen LogP) is 2.45. The highest BCUT2D eigenvalue weighted by Gasteiger charge is 2.35. The van der Waals surface area contributed by atoms with Gasteiger partial charge < -0.3 is 9.80 Å². The number of aromatic nitrogens is 3. The Hall–Kier alpha value is -3.48. The number of benzene rings is 2. The first kappa shape index (κ1) is 18.9. The maximum absolute atomic E-state index is 12.9. The predicted molar refractivity (Wildman–Crippen MR) is 108 cm³/mol. The summed E-state index contributed by atoms with van der Waals surface area (Å²) in [4.78, 5) is 29.2. The average Bonchev–Trinajstić information content (AvgIpc) is 3.22. The van der Waals surface area contributed by atoms with Crippen molar-refractivity contribution in [2.24, 2.45) is 0 Å². The van der Waals surface area contributed by atoms with Crippen LogP contribution in [0, 0.1) is 6.92 Å². The molecule has 0 bridgehead atoms. The quantitative estimate of drug-likeness (QED) is 0.687. The second-order valence-electron chi connectivity index (χ2n) is 7.31. The molecule has 0 unspecified atom stereocenters. The summed E-state index contributed by atoms with van der Waals surface area (Å²) in [6.07, 6.45) is 1.61. The SMILES string of the molecule is Cc1cccc(CN2CCN(C(=O)c3cn(-c4ccccc4)nn3)[C@@H](C)C2=O)c1. The first-order chi connectivity index (χ1) is 14.0. The molecule has 4 rings (SSSR count). The first-order valence-electron chi connectivity index (χ1n) is 9.66. The van der Waals surface area contributed by atoms with E-state index >= 15 is 0 Å². The molecule has 29 heavy (non-hydrogen) atoms. The molecule has 1 aliphatic heterocycles. The number of piperazine rings is 1. The molecule has 7 nitrogen and oxygen atoms in total. The molecular weight excluding hydrogens is 366 g/mol. The largest absolute Gasteiger partial charge is 0.335 e. The first-order valence-corrected chi connectivity index (χ1v) is 9.66. The van der Waals surface area contributed by atoms with Gasteiger partial charge in [0.1, 0.15) is 6.04 Å². The van der Waals surface area contributed by atoms with E-state index in [2.05, 4.69) is 16.4 Å². The Morgan fingerprint density at radius 1 is 1.10 bits per heavy atom. The third kappa shape index (κ3) is 3.89. The van der Waals surface area contributed by atoms with Crippen molar-refractivity contribution < 1.29 is 9.59 Å². The van der Waals surface area contributed by atoms with Crippen LogP contribution in [0.3, 0.4) is 0 Å². The summed E-state index contributed by atoms with van der Waals surface area (Å²) >= 11 is 0. The molecule has 3 aromatic rings. The Kier molecular flexibility index (Phi) is 5.12. The van der Waals surface area contributed by atoms with Crippen LogP contribution < -0.4 is 0 Å². The minimum atomic E-state index is -0.539. The summed E-state index contributed by atoms with van der Waals surface area (Å²) in [7, 11) is 0. The Bertz CT molecular complexity index is 1030. The summed E-state index contributed by atoms with van der Waals surface area (Å²) in [6, 6.07) is 17.1. The summed E-state index contributed by atoms with van der Waals surface area (Å²) in [5.41, 5.74) is 3.32. The van der Waals surface area contributed by atoms with Crippen molar-refractivity contribution in [2.45, 2.75) is 26.4 Å². The van der Waals surface area contributed by atoms with Gasteiger partial charge in [0, 0.05) is 19.6 Å². The van der Waals surface area contributed by atoms with E-state index in [1.165, 1.54) is 5.56 Å². The van der Waals surface area contributed by atoms with E-state index in [-0.39, 0.29) is 17.5 Å². The van der Waals surface area contributed by atoms with Crippen LogP contribution in [0.1, 0.15) is 28.5 Å². The molecule has 1 atom stereocenters. The molecule has 1 saturated heterocycles. The van der Waals surface area contributed by atoms with E-state index in [1.54, 1.807) is 22.7 Å². The van der Waals surface area contributed by atoms with Crippen LogP contribution in [-0.2, 0) is 11.3 Å². The van der Waals surface area contributed by atoms with Crippen LogP contribution in [0.15, 0.2) is 60.8 Å². The molecule has 2 amide bonds. The van der Waals surface area contributed by atoms with Gasteiger partial charge >= 0.3 is 0 Å². The molecule has 0 saturated carbocycles. The summed E-state index contributed by atoms with van der Waals surface area (Å²) in [5, 5.41) is 8.07. The molecule has 2 heterocycles. The number of amides is 2. The van der Waals surface area contributed by atoms with Gasteiger partial charge in [0.2, 0.25) is 5.91 Å². The number of hydrogen-bond donors (Lipinski definition) is 0. The van der Waals surface area contributed by atoms with Gasteiger partial charge in [0.25, 0.3) is 5.91 Å². The monoisotopic (exact) mass is 389 g/mol. The molecule has 0 N–H and O–H groups in total. The Morgan fingerprint density at radius 2 is 1.90 bits per heavy atom. The molecule has 1 fully saturated rings. The van der Waals surface area contributed by atoms with Crippen molar-refractivity contribution in [1.29, 1.82) is 0 Å². The number of nitrogens with zero attached hydrogens (tertiary/aromatic N) is 5. The van der Waals surface area contributed by atoms with Gasteiger partial charge in [-0.2, -0.15) is 0 Å². The van der Waals surface area contributed by atoms with Gasteiger partial charge in [-0.1, -0.05) is 53.2 Å². The normalized spacial score (nSPS) is 16.9. The number of para-hydroxylation sites is 1. The van der Waals surface area contributed by atoms with Gasteiger partial charge in [0.05, 0.1) is 11.9 Å². The van der Waals surface area contributed by atoms with Gasteiger partial charge in [-0.25, -0.2) is 4.68 Å². The fraction of sp³-hybridized carbons (Fsp3) is 0.273. The third-order valence-corrected chi connectivity index (χ3v) is 5.20. The van der Waals surface area contributed by atoms with Crippen LogP contribution in [0.2, 0.25) is 0 Å². The van der Waals surface area contributed by atoms with E-state index in [0.717, 1.165) is 11.3 Å². The fourth-order valence-corrected chi connectivity index (χ4v) is 3.61. The van der Waals surface area contributed by atoms with E-state index in [4.69, 9.17) is 0 Å². The van der Waals surface area contributed by atoms with Crippen molar-refractivity contribution in [3.63, 3.8) is 0 Å². The molecule has 7 heteroatoms. The lowest BCUT2D eigenvalue weighted by Crippen LogP contribution is -2.57. The van der Waals surface area contributed by atoms with Gasteiger partial charge in [-0.05, 0) is 31.5 Å². The van der Waals surface area contributed by atoms with E-state index < -0.39 is 6.04 Å². The molecule has 1 aliphatic rings. The molecular formula is C22H23N5O2. The van der Waals surface area contributed by atoms with Crippen LogP contribution in [-0.4, -0.2) is 55.7 Å². The Morgan fingerprint density at radius 3 is 2.66 bits per heavy atom. The van der Waals surface area contributed by atoms with Crippen LogP contribution in [0.4, 0.5) is 0 Å². The number of rotatable bonds is 4. The number of aryl methyl sites for hydroxylation is 1. The number of carbonyl (C=O) groups is 2. The maximum atomic E-state index is 12.9. The number of carbonyl (C=O) groups excluding carboxylic acids is 2. The molecule has 1 aromatic heterocycles. The second kappa shape index (κ2) is 7.87. The summed E-state index contributed by atoms with van der Waals surface area (Å²) < 4.78 is 1.56. The average molecular weight is 389 g/mol. The molecule has 0 radical (unpaired) electrons. The molecule has 0 spiro atoms. The van der Waals surface area contributed by atoms with Crippen LogP contribution >= 0.6 is 0 Å². The lowest BCUT2D eigenvalue weighted by Gasteiger charge is -2.38. The van der Waals surface area contributed by atoms with Gasteiger partial charge in [0.15, 0.2) is 5.69 Å². The summed E-state index contributed by atoms with van der Waals surface area (Å²) in [5.74, 6) is -0.329. The number of hydrogen-bond acceptors (Lipinski definition) is 4. The van der Waals surface area contributed by atoms with Crippen molar-refractivity contribution in [1.82, 2.24) is 24.8 Å². The third-order valence-electron chi connectivity index (χ3n) is 5.20. The van der Waals surface area contributed by atoms with Crippen molar-refractivity contribution in [3.05, 3.63) is 77.6 Å². The van der Waals surface area contributed by atoms with E-state index in [1.807, 2.05) is 60.4 Å². The zero-order valence-corrected chi connectivity index (χ0v) is 16.5. The minimum Gasteiger partial charge on any atom is -0.335 e. The van der Waals surface area contributed by atoms with Crippen molar-refractivity contribution in [3.8, 4) is 5.69 Å². The highest BCUT2D eigenvalue weighted by atomic mass is 16.2. The van der Waals surface area contributed by atoms with Crippen LogP contribution in [0.25, 0.3) is 5.69 Å². The second-order valence-corrected chi connectivity index (χ2v) is 7.31. The maximum Gasteiger partial charge on any atom is 0.276 e. The lowest BCUT2D eigenvalue weighted by atomic mass is 10.1. The zero-order chi connectivity index (χ0) is 20.4. The van der Waals surface area contributed by atoms with E-state index in [9.17, 15) is 9.59 Å². The molecule has 0 aliphatic carbocycles. The van der Waals surface area contributed by atoms with Crippen molar-refractivity contribution >= 4 is 11.8 Å². The van der Waals surface area contributed by atoms with Crippen molar-refractivity contribution in [2.75, 3.05) is 13.1 Å². The topological polar surface area (TPSA) is 71.3 Å². The minimum absolute atomic E-state index is 0.0541. The van der Waals surface area contributed by atoms with Crippen LogP contribution in [0.5, 0.6) is 0 Å². The molecule has 148 valence electrons. The Balaban J connectivity index is 1.46.